The van der Waals surface area contributed by atoms with Crippen LogP contribution in [-0.4, -0.2) is 36.5 Å². The number of methoxy groups -OCH3 is 1. The first-order valence-corrected chi connectivity index (χ1v) is 11.1. The van der Waals surface area contributed by atoms with Crippen LogP contribution in [0.5, 0.6) is 11.5 Å². The van der Waals surface area contributed by atoms with Crippen molar-refractivity contribution in [3.8, 4) is 11.5 Å². The maximum atomic E-state index is 14.2. The van der Waals surface area contributed by atoms with E-state index in [1.807, 2.05) is 0 Å². The minimum atomic E-state index is -0.535. The summed E-state index contributed by atoms with van der Waals surface area (Å²) in [5.74, 6) is -0.774. The molecule has 0 radical (unpaired) electrons. The molecule has 0 atom stereocenters. The number of amides is 1. The van der Waals surface area contributed by atoms with Gasteiger partial charge in [-0.15, -0.1) is 0 Å². The molecule has 1 fully saturated rings. The number of ether oxygens (including phenoxy) is 3. The standard InChI is InChI=1S/C21H17BrFNO5S2/c1-3-28-18(25)11-29-19-13(22)8-12(9-16(19)27-2)10-17-20(26)24(21(30)31-17)15-7-5-4-6-14(15)23/h4-10H,3,11H2,1-2H3/b17-10+. The number of rotatable bonds is 7. The summed E-state index contributed by atoms with van der Waals surface area (Å²) < 4.78 is 30.7. The number of thiocarbonyl (C=S) groups is 1. The summed E-state index contributed by atoms with van der Waals surface area (Å²) in [4.78, 5) is 26.0. The third-order valence-corrected chi connectivity index (χ3v) is 5.97. The van der Waals surface area contributed by atoms with Gasteiger partial charge in [-0.05, 0) is 58.8 Å². The van der Waals surface area contributed by atoms with Gasteiger partial charge in [-0.25, -0.2) is 9.18 Å². The molecule has 0 aliphatic carbocycles. The number of hydrogen-bond acceptors (Lipinski definition) is 7. The highest BCUT2D eigenvalue weighted by molar-refractivity contribution is 9.10. The topological polar surface area (TPSA) is 65.1 Å². The molecule has 0 N–H and O–H groups in total. The first kappa shape index (κ1) is 23.2. The molecule has 162 valence electrons. The Bertz CT molecular complexity index is 1080. The predicted octanol–water partition coefficient (Wildman–Crippen LogP) is 4.94. The van der Waals surface area contributed by atoms with E-state index in [0.717, 1.165) is 11.8 Å². The van der Waals surface area contributed by atoms with Crippen molar-refractivity contribution >= 4 is 67.9 Å². The second kappa shape index (κ2) is 10.3. The molecule has 1 heterocycles. The average molecular weight is 526 g/mol. The Morgan fingerprint density at radius 2 is 2.06 bits per heavy atom. The van der Waals surface area contributed by atoms with E-state index in [-0.39, 0.29) is 23.2 Å². The number of benzene rings is 2. The van der Waals surface area contributed by atoms with Crippen LogP contribution in [0.15, 0.2) is 45.8 Å². The number of halogens is 2. The van der Waals surface area contributed by atoms with E-state index in [0.29, 0.717) is 26.4 Å². The molecule has 2 aromatic rings. The Hall–Kier alpha value is -2.43. The Morgan fingerprint density at radius 1 is 1.32 bits per heavy atom. The van der Waals surface area contributed by atoms with E-state index in [1.54, 1.807) is 37.3 Å². The van der Waals surface area contributed by atoms with Gasteiger partial charge in [0.25, 0.3) is 5.91 Å². The maximum Gasteiger partial charge on any atom is 0.344 e. The smallest absolute Gasteiger partial charge is 0.344 e. The zero-order valence-electron chi connectivity index (χ0n) is 16.5. The average Bonchev–Trinajstić information content (AvgIpc) is 3.00. The van der Waals surface area contributed by atoms with Gasteiger partial charge in [0.1, 0.15) is 5.82 Å². The normalized spacial score (nSPS) is 14.8. The number of thioether (sulfide) groups is 1. The lowest BCUT2D eigenvalue weighted by atomic mass is 10.1. The number of carbonyl (C=O) groups excluding carboxylic acids is 2. The second-order valence-corrected chi connectivity index (χ2v) is 8.63. The first-order valence-electron chi connectivity index (χ1n) is 9.04. The van der Waals surface area contributed by atoms with Gasteiger partial charge in [-0.2, -0.15) is 0 Å². The minimum Gasteiger partial charge on any atom is -0.493 e. The van der Waals surface area contributed by atoms with Crippen molar-refractivity contribution in [1.82, 2.24) is 0 Å². The number of esters is 1. The molecule has 10 heteroatoms. The van der Waals surface area contributed by atoms with E-state index in [1.165, 1.54) is 24.1 Å². The second-order valence-electron chi connectivity index (χ2n) is 6.10. The number of carbonyl (C=O) groups is 2. The van der Waals surface area contributed by atoms with Gasteiger partial charge in [-0.3, -0.25) is 9.69 Å². The SMILES string of the molecule is CCOC(=O)COc1c(Br)cc(/C=C2/SC(=S)N(c3ccccc3F)C2=O)cc1OC. The molecule has 6 nitrogen and oxygen atoms in total. The van der Waals surface area contributed by atoms with Gasteiger partial charge in [0.05, 0.1) is 28.8 Å². The third kappa shape index (κ3) is 5.25. The Labute approximate surface area is 196 Å². The number of hydrogen-bond donors (Lipinski definition) is 0. The molecule has 2 aromatic carbocycles. The summed E-state index contributed by atoms with van der Waals surface area (Å²) in [6, 6.07) is 9.31. The molecular weight excluding hydrogens is 509 g/mol. The largest absolute Gasteiger partial charge is 0.493 e. The fraction of sp³-hybridized carbons (Fsp3) is 0.190. The highest BCUT2D eigenvalue weighted by Gasteiger charge is 2.34. The van der Waals surface area contributed by atoms with E-state index in [2.05, 4.69) is 15.9 Å². The summed E-state index contributed by atoms with van der Waals surface area (Å²) in [7, 11) is 1.46. The molecule has 0 bridgehead atoms. The van der Waals surface area contributed by atoms with Gasteiger partial charge in [0, 0.05) is 0 Å². The number of para-hydroxylation sites is 1. The van der Waals surface area contributed by atoms with Crippen molar-refractivity contribution in [2.45, 2.75) is 6.92 Å². The minimum absolute atomic E-state index is 0.106. The van der Waals surface area contributed by atoms with Crippen LogP contribution in [-0.2, 0) is 14.3 Å². The van der Waals surface area contributed by atoms with Gasteiger partial charge in [0.2, 0.25) is 0 Å². The molecular formula is C21H17BrFNO5S2. The quantitative estimate of drug-likeness (QED) is 0.288. The summed E-state index contributed by atoms with van der Waals surface area (Å²) in [6.07, 6.45) is 1.63. The van der Waals surface area contributed by atoms with Crippen LogP contribution in [0.1, 0.15) is 12.5 Å². The molecule has 1 aliphatic rings. The predicted molar refractivity (Wildman–Crippen MR) is 125 cm³/mol. The van der Waals surface area contributed by atoms with Crippen molar-refractivity contribution in [1.29, 1.82) is 0 Å². The van der Waals surface area contributed by atoms with Crippen LogP contribution in [0.2, 0.25) is 0 Å². The molecule has 0 saturated carbocycles. The van der Waals surface area contributed by atoms with Crippen LogP contribution in [0, 0.1) is 5.82 Å². The van der Waals surface area contributed by atoms with Crippen molar-refractivity contribution in [3.63, 3.8) is 0 Å². The zero-order valence-corrected chi connectivity index (χ0v) is 19.7. The molecule has 1 saturated heterocycles. The summed E-state index contributed by atoms with van der Waals surface area (Å²) in [5, 5.41) is 0. The van der Waals surface area contributed by atoms with Crippen molar-refractivity contribution < 1.29 is 28.2 Å². The Kier molecular flexibility index (Phi) is 7.69. The molecule has 3 rings (SSSR count). The highest BCUT2D eigenvalue weighted by atomic mass is 79.9. The fourth-order valence-corrected chi connectivity index (χ4v) is 4.62. The van der Waals surface area contributed by atoms with E-state index < -0.39 is 17.7 Å². The lowest BCUT2D eigenvalue weighted by Crippen LogP contribution is -2.28. The van der Waals surface area contributed by atoms with Gasteiger partial charge in [0.15, 0.2) is 22.4 Å². The monoisotopic (exact) mass is 525 g/mol. The molecule has 31 heavy (non-hydrogen) atoms. The van der Waals surface area contributed by atoms with Gasteiger partial charge in [-0.1, -0.05) is 36.1 Å². The van der Waals surface area contributed by atoms with Crippen molar-refractivity contribution in [2.24, 2.45) is 0 Å². The number of nitrogens with zero attached hydrogens (tertiary/aromatic N) is 1. The van der Waals surface area contributed by atoms with Crippen LogP contribution in [0.25, 0.3) is 6.08 Å². The summed E-state index contributed by atoms with van der Waals surface area (Å²) >= 11 is 9.77. The van der Waals surface area contributed by atoms with Crippen molar-refractivity contribution in [2.75, 3.05) is 25.2 Å². The van der Waals surface area contributed by atoms with Crippen LogP contribution < -0.4 is 14.4 Å². The highest BCUT2D eigenvalue weighted by Crippen LogP contribution is 2.40. The maximum absolute atomic E-state index is 14.2. The van der Waals surface area contributed by atoms with Crippen LogP contribution >= 0.6 is 39.9 Å². The number of anilines is 1. The molecule has 0 spiro atoms. The first-order chi connectivity index (χ1) is 14.8. The summed E-state index contributed by atoms with van der Waals surface area (Å²) in [5.41, 5.74) is 0.733. The van der Waals surface area contributed by atoms with Crippen molar-refractivity contribution in [3.05, 3.63) is 57.2 Å². The van der Waals surface area contributed by atoms with E-state index in [9.17, 15) is 14.0 Å². The van der Waals surface area contributed by atoms with E-state index in [4.69, 9.17) is 26.4 Å². The van der Waals surface area contributed by atoms with Gasteiger partial charge >= 0.3 is 5.97 Å². The molecule has 1 aliphatic heterocycles. The lowest BCUT2D eigenvalue weighted by Gasteiger charge is -2.15. The van der Waals surface area contributed by atoms with Crippen LogP contribution in [0.4, 0.5) is 10.1 Å². The molecule has 1 amide bonds. The molecule has 0 unspecified atom stereocenters. The third-order valence-electron chi connectivity index (χ3n) is 4.08. The Balaban J connectivity index is 1.87. The molecule has 0 aromatic heterocycles. The summed E-state index contributed by atoms with van der Waals surface area (Å²) in [6.45, 7) is 1.69. The van der Waals surface area contributed by atoms with Crippen LogP contribution in [0.3, 0.4) is 0 Å². The Morgan fingerprint density at radius 3 is 2.74 bits per heavy atom. The zero-order chi connectivity index (χ0) is 22.5. The van der Waals surface area contributed by atoms with E-state index >= 15 is 0 Å². The lowest BCUT2D eigenvalue weighted by molar-refractivity contribution is -0.145. The fourth-order valence-electron chi connectivity index (χ4n) is 2.76. The van der Waals surface area contributed by atoms with Gasteiger partial charge < -0.3 is 14.2 Å².